The van der Waals surface area contributed by atoms with Crippen molar-refractivity contribution < 1.29 is 9.13 Å². The molecule has 1 aliphatic heterocycles. The second kappa shape index (κ2) is 6.68. The van der Waals surface area contributed by atoms with Crippen molar-refractivity contribution in [3.05, 3.63) is 76.7 Å². The summed E-state index contributed by atoms with van der Waals surface area (Å²) in [6.07, 6.45) is 1.76. The monoisotopic (exact) mass is 325 g/mol. The first-order valence-electron chi connectivity index (χ1n) is 8.42. The van der Waals surface area contributed by atoms with Gasteiger partial charge < -0.3 is 10.1 Å². The number of halogens is 1. The summed E-state index contributed by atoms with van der Waals surface area (Å²) < 4.78 is 20.3. The molecule has 0 saturated heterocycles. The van der Waals surface area contributed by atoms with Crippen LogP contribution < -0.4 is 10.1 Å². The number of nitrogens with one attached hydrogen (secondary N) is 1. The first-order valence-corrected chi connectivity index (χ1v) is 8.42. The van der Waals surface area contributed by atoms with Crippen LogP contribution in [0.2, 0.25) is 0 Å². The second-order valence-electron chi connectivity index (χ2n) is 6.60. The average Bonchev–Trinajstić information content (AvgIpc) is 2.57. The maximum absolute atomic E-state index is 14.3. The van der Waals surface area contributed by atoms with E-state index in [9.17, 15) is 4.39 Å². The summed E-state index contributed by atoms with van der Waals surface area (Å²) in [5.74, 6) is 0.738. The fourth-order valence-electron chi connectivity index (χ4n) is 3.15. The van der Waals surface area contributed by atoms with Gasteiger partial charge >= 0.3 is 0 Å². The number of rotatable bonds is 4. The largest absolute Gasteiger partial charge is 0.484 e. The van der Waals surface area contributed by atoms with Crippen LogP contribution in [-0.2, 0) is 6.42 Å². The molecule has 0 spiro atoms. The van der Waals surface area contributed by atoms with Crippen molar-refractivity contribution in [2.24, 2.45) is 0 Å². The summed E-state index contributed by atoms with van der Waals surface area (Å²) in [7, 11) is 0. The Kier molecular flexibility index (Phi) is 4.61. The minimum atomic E-state index is -0.180. The van der Waals surface area contributed by atoms with Gasteiger partial charge in [0.15, 0.2) is 0 Å². The van der Waals surface area contributed by atoms with Crippen molar-refractivity contribution >= 4 is 0 Å². The number of hydrogen-bond donors (Lipinski definition) is 1. The zero-order valence-corrected chi connectivity index (χ0v) is 14.5. The molecule has 24 heavy (non-hydrogen) atoms. The van der Waals surface area contributed by atoms with Gasteiger partial charge in [-0.15, -0.1) is 0 Å². The summed E-state index contributed by atoms with van der Waals surface area (Å²) in [4.78, 5) is 0. The highest BCUT2D eigenvalue weighted by atomic mass is 19.1. The predicted octanol–water partition coefficient (Wildman–Crippen LogP) is 5.00. The standard InChI is InChI=1S/C21H24FNO/c1-13-11-18(19(22)12-14(13)2)15(3)23-16(4)20-10-9-17-7-5-6-8-21(17)24-20/h5-8,11-12,15,20,23H,4,9-10H2,1-3H3. The van der Waals surface area contributed by atoms with Crippen molar-refractivity contribution in [3.63, 3.8) is 0 Å². The number of benzene rings is 2. The van der Waals surface area contributed by atoms with Crippen LogP contribution in [0.25, 0.3) is 0 Å². The van der Waals surface area contributed by atoms with E-state index in [-0.39, 0.29) is 18.0 Å². The third kappa shape index (κ3) is 3.30. The maximum atomic E-state index is 14.3. The summed E-state index contributed by atoms with van der Waals surface area (Å²) in [5, 5.41) is 3.32. The highest BCUT2D eigenvalue weighted by Crippen LogP contribution is 2.30. The molecule has 0 saturated carbocycles. The Balaban J connectivity index is 1.70. The van der Waals surface area contributed by atoms with Crippen LogP contribution in [0.3, 0.4) is 0 Å². The third-order valence-corrected chi connectivity index (χ3v) is 4.79. The molecule has 0 radical (unpaired) electrons. The van der Waals surface area contributed by atoms with E-state index in [0.29, 0.717) is 5.56 Å². The van der Waals surface area contributed by atoms with Gasteiger partial charge in [0.1, 0.15) is 17.7 Å². The molecule has 0 bridgehead atoms. The second-order valence-corrected chi connectivity index (χ2v) is 6.60. The van der Waals surface area contributed by atoms with E-state index in [1.54, 1.807) is 6.07 Å². The molecule has 2 atom stereocenters. The van der Waals surface area contributed by atoms with Gasteiger partial charge in [-0.1, -0.05) is 30.8 Å². The van der Waals surface area contributed by atoms with Crippen LogP contribution >= 0.6 is 0 Å². The lowest BCUT2D eigenvalue weighted by atomic mass is 9.98. The summed E-state index contributed by atoms with van der Waals surface area (Å²) in [6.45, 7) is 10.0. The number of ether oxygens (including phenoxy) is 1. The molecule has 3 rings (SSSR count). The lowest BCUT2D eigenvalue weighted by Gasteiger charge is -2.30. The molecule has 0 fully saturated rings. The molecule has 2 unspecified atom stereocenters. The molecule has 0 aliphatic carbocycles. The van der Waals surface area contributed by atoms with E-state index in [0.717, 1.165) is 35.4 Å². The molecule has 3 heteroatoms. The number of fused-ring (bicyclic) bond motifs is 1. The Morgan fingerprint density at radius 3 is 2.75 bits per heavy atom. The van der Waals surface area contributed by atoms with Crippen molar-refractivity contribution in [3.8, 4) is 5.75 Å². The lowest BCUT2D eigenvalue weighted by molar-refractivity contribution is 0.197. The Bertz CT molecular complexity index is 768. The zero-order chi connectivity index (χ0) is 17.3. The van der Waals surface area contributed by atoms with Gasteiger partial charge in [0.05, 0.1) is 6.04 Å². The molecule has 2 aromatic carbocycles. The SMILES string of the molecule is C=C(NC(C)c1cc(C)c(C)cc1F)C1CCc2ccccc2O1. The quantitative estimate of drug-likeness (QED) is 0.854. The van der Waals surface area contributed by atoms with Crippen molar-refractivity contribution in [2.45, 2.75) is 45.8 Å². The Morgan fingerprint density at radius 2 is 1.96 bits per heavy atom. The summed E-state index contributed by atoms with van der Waals surface area (Å²) >= 11 is 0. The van der Waals surface area contributed by atoms with Gasteiger partial charge in [-0.3, -0.25) is 0 Å². The molecule has 126 valence electrons. The highest BCUT2D eigenvalue weighted by molar-refractivity contribution is 5.37. The van der Waals surface area contributed by atoms with Gasteiger partial charge in [0.25, 0.3) is 0 Å². The molecule has 1 N–H and O–H groups in total. The number of aryl methyl sites for hydroxylation is 3. The van der Waals surface area contributed by atoms with E-state index in [4.69, 9.17) is 4.74 Å². The molecule has 0 amide bonds. The van der Waals surface area contributed by atoms with Gasteiger partial charge in [0, 0.05) is 11.3 Å². The van der Waals surface area contributed by atoms with Crippen molar-refractivity contribution in [1.82, 2.24) is 5.32 Å². The molecule has 1 aliphatic rings. The first kappa shape index (κ1) is 16.6. The fraction of sp³-hybridized carbons (Fsp3) is 0.333. The van der Waals surface area contributed by atoms with Gasteiger partial charge in [-0.2, -0.15) is 0 Å². The first-order chi connectivity index (χ1) is 11.5. The normalized spacial score (nSPS) is 17.6. The van der Waals surface area contributed by atoms with E-state index in [2.05, 4.69) is 18.0 Å². The van der Waals surface area contributed by atoms with Crippen LogP contribution in [0.1, 0.15) is 41.6 Å². The Morgan fingerprint density at radius 1 is 1.25 bits per heavy atom. The van der Waals surface area contributed by atoms with E-state index >= 15 is 0 Å². The number of hydrogen-bond acceptors (Lipinski definition) is 2. The van der Waals surface area contributed by atoms with Gasteiger partial charge in [-0.05, 0) is 62.4 Å². The van der Waals surface area contributed by atoms with Crippen LogP contribution in [-0.4, -0.2) is 6.10 Å². The minimum absolute atomic E-state index is 0.0862. The van der Waals surface area contributed by atoms with Crippen LogP contribution in [0, 0.1) is 19.7 Å². The Hall–Kier alpha value is -2.29. The smallest absolute Gasteiger partial charge is 0.138 e. The molecular weight excluding hydrogens is 301 g/mol. The highest BCUT2D eigenvalue weighted by Gasteiger charge is 2.23. The van der Waals surface area contributed by atoms with Crippen LogP contribution in [0.15, 0.2) is 48.7 Å². The molecule has 0 aromatic heterocycles. The predicted molar refractivity (Wildman–Crippen MR) is 95.7 cm³/mol. The van der Waals surface area contributed by atoms with E-state index < -0.39 is 0 Å². The van der Waals surface area contributed by atoms with Crippen LogP contribution in [0.4, 0.5) is 4.39 Å². The van der Waals surface area contributed by atoms with Crippen molar-refractivity contribution in [2.75, 3.05) is 0 Å². The third-order valence-electron chi connectivity index (χ3n) is 4.79. The average molecular weight is 325 g/mol. The lowest BCUT2D eigenvalue weighted by Crippen LogP contribution is -2.33. The minimum Gasteiger partial charge on any atom is -0.484 e. The summed E-state index contributed by atoms with van der Waals surface area (Å²) in [5.41, 5.74) is 4.75. The maximum Gasteiger partial charge on any atom is 0.138 e. The fourth-order valence-corrected chi connectivity index (χ4v) is 3.15. The zero-order valence-electron chi connectivity index (χ0n) is 14.5. The Labute approximate surface area is 143 Å². The number of para-hydroxylation sites is 1. The molecule has 2 nitrogen and oxygen atoms in total. The van der Waals surface area contributed by atoms with Crippen molar-refractivity contribution in [1.29, 1.82) is 0 Å². The van der Waals surface area contributed by atoms with Gasteiger partial charge in [0.2, 0.25) is 0 Å². The molecular formula is C21H24FNO. The van der Waals surface area contributed by atoms with Gasteiger partial charge in [-0.25, -0.2) is 4.39 Å². The topological polar surface area (TPSA) is 21.3 Å². The van der Waals surface area contributed by atoms with E-state index in [1.165, 1.54) is 5.56 Å². The van der Waals surface area contributed by atoms with E-state index in [1.807, 2.05) is 45.0 Å². The molecule has 2 aromatic rings. The molecule has 1 heterocycles. The van der Waals surface area contributed by atoms with Crippen LogP contribution in [0.5, 0.6) is 5.75 Å². The summed E-state index contributed by atoms with van der Waals surface area (Å²) in [6, 6.07) is 11.4.